The fourth-order valence-electron chi connectivity index (χ4n) is 5.03. The van der Waals surface area contributed by atoms with Gasteiger partial charge in [0.15, 0.2) is 11.5 Å². The molecule has 7 N–H and O–H groups in total. The molecule has 1 aromatic heterocycles. The number of aliphatic hydroxyl groups excluding tert-OH is 5. The molecule has 9 nitrogen and oxygen atoms in total. The summed E-state index contributed by atoms with van der Waals surface area (Å²) in [5, 5.41) is 72.7. The molecule has 0 saturated heterocycles. The summed E-state index contributed by atoms with van der Waals surface area (Å²) in [6.07, 6.45) is -2.47. The smallest absolute Gasteiger partial charge is 0.206 e. The molecule has 1 rings (SSSR count). The molecule has 10 atom stereocenters. The molecule has 0 aliphatic carbocycles. The summed E-state index contributed by atoms with van der Waals surface area (Å²) in [6.45, 7) is 13.6. The second-order valence-electron chi connectivity index (χ2n) is 11.3. The molecule has 9 heteroatoms. The predicted molar refractivity (Wildman–Crippen MR) is 142 cm³/mol. The molecule has 10 unspecified atom stereocenters. The molecule has 1 aromatic rings. The van der Waals surface area contributed by atoms with Gasteiger partial charge in [-0.15, -0.1) is 0 Å². The topological polar surface area (TPSA) is 164 Å². The number of aliphatic hydroxyl groups is 5. The number of carbonyl (C=O) groups is 1. The van der Waals surface area contributed by atoms with Crippen LogP contribution in [0.1, 0.15) is 77.4 Å². The largest absolute Gasteiger partial charge is 0.505 e. The molecule has 0 saturated carbocycles. The molecule has 37 heavy (non-hydrogen) atoms. The van der Waals surface area contributed by atoms with E-state index in [0.717, 1.165) is 0 Å². The van der Waals surface area contributed by atoms with E-state index < -0.39 is 54.1 Å². The van der Waals surface area contributed by atoms with Gasteiger partial charge in [0, 0.05) is 24.8 Å². The second-order valence-corrected chi connectivity index (χ2v) is 11.3. The first kappa shape index (κ1) is 33.1. The van der Waals surface area contributed by atoms with E-state index >= 15 is 0 Å². The molecule has 0 fully saturated rings. The van der Waals surface area contributed by atoms with Gasteiger partial charge < -0.3 is 40.3 Å². The predicted octanol–water partition coefficient (Wildman–Crippen LogP) is 2.66. The van der Waals surface area contributed by atoms with E-state index in [-0.39, 0.29) is 35.4 Å². The van der Waals surface area contributed by atoms with Crippen molar-refractivity contribution in [3.8, 4) is 11.6 Å². The Bertz CT molecular complexity index is 898. The summed E-state index contributed by atoms with van der Waals surface area (Å²) in [6, 6.07) is 0. The molecule has 0 aliphatic heterocycles. The maximum atomic E-state index is 12.8. The number of carbonyl (C=O) groups excluding carboxylic acids is 1. The van der Waals surface area contributed by atoms with Gasteiger partial charge in [-0.3, -0.25) is 4.79 Å². The zero-order valence-corrected chi connectivity index (χ0v) is 23.8. The van der Waals surface area contributed by atoms with Crippen molar-refractivity contribution in [2.24, 2.45) is 36.6 Å². The van der Waals surface area contributed by atoms with Crippen LogP contribution in [-0.2, 0) is 7.05 Å². The Hall–Kier alpha value is -1.91. The van der Waals surface area contributed by atoms with Crippen molar-refractivity contribution in [1.29, 1.82) is 0 Å². The standard InChI is InChI=1S/C28H49NO8/c1-13(11-15(3)23(32)22-27(36)19(7)29(9)28(22)37)10-14(2)12-21(31)26(35)18(6)25(34)17(5)24(33)16(4)20(8)30/h11,13-14,16-18,20-21,24-26,30-31,33-37H,10,12H2,1-9H3. The van der Waals surface area contributed by atoms with Gasteiger partial charge in [0.2, 0.25) is 5.88 Å². The highest BCUT2D eigenvalue weighted by atomic mass is 16.3. The average molecular weight is 528 g/mol. The highest BCUT2D eigenvalue weighted by Gasteiger charge is 2.37. The summed E-state index contributed by atoms with van der Waals surface area (Å²) in [5.41, 5.74) is 0.651. The zero-order valence-electron chi connectivity index (χ0n) is 23.8. The minimum atomic E-state index is -1.21. The fourth-order valence-corrected chi connectivity index (χ4v) is 5.03. The number of nitrogens with zero attached hydrogens (tertiary/aromatic N) is 1. The number of aromatic nitrogens is 1. The van der Waals surface area contributed by atoms with Gasteiger partial charge in [-0.25, -0.2) is 0 Å². The van der Waals surface area contributed by atoms with Crippen LogP contribution < -0.4 is 0 Å². The number of allylic oxidation sites excluding steroid dienone is 2. The molecular formula is C28H49NO8. The van der Waals surface area contributed by atoms with Crippen LogP contribution in [0, 0.1) is 36.5 Å². The third-order valence-corrected chi connectivity index (χ3v) is 8.01. The first-order valence-electron chi connectivity index (χ1n) is 13.1. The van der Waals surface area contributed by atoms with Crippen molar-refractivity contribution in [2.75, 3.05) is 0 Å². The van der Waals surface area contributed by atoms with Crippen molar-refractivity contribution in [3.05, 3.63) is 22.9 Å². The average Bonchev–Trinajstić information content (AvgIpc) is 3.02. The fraction of sp³-hybridized carbons (Fsp3) is 0.750. The van der Waals surface area contributed by atoms with Crippen LogP contribution in [0.2, 0.25) is 0 Å². The molecule has 214 valence electrons. The van der Waals surface area contributed by atoms with Gasteiger partial charge in [0.05, 0.1) is 36.2 Å². The van der Waals surface area contributed by atoms with Gasteiger partial charge in [0.25, 0.3) is 0 Å². The monoisotopic (exact) mass is 527 g/mol. The summed E-state index contributed by atoms with van der Waals surface area (Å²) >= 11 is 0. The van der Waals surface area contributed by atoms with E-state index in [4.69, 9.17) is 0 Å². The lowest BCUT2D eigenvalue weighted by atomic mass is 9.79. The summed E-state index contributed by atoms with van der Waals surface area (Å²) in [7, 11) is 1.56. The third-order valence-electron chi connectivity index (χ3n) is 8.01. The minimum absolute atomic E-state index is 0.0257. The van der Waals surface area contributed by atoms with Gasteiger partial charge in [0.1, 0.15) is 5.56 Å². The van der Waals surface area contributed by atoms with E-state index in [1.54, 1.807) is 54.7 Å². The Balaban J connectivity index is 2.77. The molecule has 0 amide bonds. The van der Waals surface area contributed by atoms with Gasteiger partial charge in [-0.05, 0) is 51.0 Å². The van der Waals surface area contributed by atoms with Crippen LogP contribution in [0.4, 0.5) is 0 Å². The van der Waals surface area contributed by atoms with Crippen molar-refractivity contribution in [3.63, 3.8) is 0 Å². The van der Waals surface area contributed by atoms with Crippen LogP contribution in [0.5, 0.6) is 11.6 Å². The molecule has 1 heterocycles. The summed E-state index contributed by atoms with van der Waals surface area (Å²) in [5.74, 6) is -2.85. The Morgan fingerprint density at radius 3 is 1.78 bits per heavy atom. The van der Waals surface area contributed by atoms with E-state index in [1.807, 2.05) is 13.8 Å². The van der Waals surface area contributed by atoms with E-state index in [9.17, 15) is 40.5 Å². The highest BCUT2D eigenvalue weighted by Crippen LogP contribution is 2.35. The lowest BCUT2D eigenvalue weighted by Crippen LogP contribution is -2.46. The lowest BCUT2D eigenvalue weighted by Gasteiger charge is -2.36. The zero-order chi connectivity index (χ0) is 28.9. The van der Waals surface area contributed by atoms with Gasteiger partial charge >= 0.3 is 0 Å². The maximum absolute atomic E-state index is 12.8. The molecule has 0 radical (unpaired) electrons. The number of aromatic hydroxyl groups is 2. The minimum Gasteiger partial charge on any atom is -0.505 e. The van der Waals surface area contributed by atoms with Crippen LogP contribution in [0.3, 0.4) is 0 Å². The Morgan fingerprint density at radius 1 is 0.838 bits per heavy atom. The van der Waals surface area contributed by atoms with E-state index in [0.29, 0.717) is 17.7 Å². The first-order chi connectivity index (χ1) is 16.9. The quantitative estimate of drug-likeness (QED) is 0.143. The Kier molecular flexibility index (Phi) is 12.3. The lowest BCUT2D eigenvalue weighted by molar-refractivity contribution is -0.0995. The molecule has 0 bridgehead atoms. The molecular weight excluding hydrogens is 478 g/mol. The molecule has 0 aliphatic rings. The van der Waals surface area contributed by atoms with E-state index in [2.05, 4.69) is 0 Å². The number of hydrogen-bond donors (Lipinski definition) is 7. The van der Waals surface area contributed by atoms with Crippen molar-refractivity contribution in [1.82, 2.24) is 4.57 Å². The number of ketones is 1. The third kappa shape index (κ3) is 8.04. The maximum Gasteiger partial charge on any atom is 0.206 e. The second kappa shape index (κ2) is 13.8. The van der Waals surface area contributed by atoms with Crippen LogP contribution in [-0.4, -0.2) is 76.6 Å². The number of Topliss-reactive ketones (excluding diaryl/α,β-unsaturated/α-hetero) is 1. The van der Waals surface area contributed by atoms with Crippen LogP contribution in [0.15, 0.2) is 11.6 Å². The first-order valence-corrected chi connectivity index (χ1v) is 13.1. The number of hydrogen-bond acceptors (Lipinski definition) is 8. The van der Waals surface area contributed by atoms with Crippen molar-refractivity contribution >= 4 is 5.78 Å². The van der Waals surface area contributed by atoms with E-state index in [1.165, 1.54) is 4.57 Å². The van der Waals surface area contributed by atoms with Crippen LogP contribution in [0.25, 0.3) is 0 Å². The van der Waals surface area contributed by atoms with Gasteiger partial charge in [-0.2, -0.15) is 0 Å². The van der Waals surface area contributed by atoms with Crippen LogP contribution >= 0.6 is 0 Å². The summed E-state index contributed by atoms with van der Waals surface area (Å²) in [4.78, 5) is 12.8. The Labute approximate surface area is 221 Å². The van der Waals surface area contributed by atoms with Crippen molar-refractivity contribution < 1.29 is 40.5 Å². The Morgan fingerprint density at radius 2 is 1.32 bits per heavy atom. The summed E-state index contributed by atoms with van der Waals surface area (Å²) < 4.78 is 1.35. The van der Waals surface area contributed by atoms with Gasteiger partial charge in [-0.1, -0.05) is 40.7 Å². The number of rotatable bonds is 14. The highest BCUT2D eigenvalue weighted by molar-refractivity contribution is 6.12. The molecule has 0 aromatic carbocycles. The van der Waals surface area contributed by atoms with Crippen molar-refractivity contribution in [2.45, 2.75) is 98.8 Å². The normalized spacial score (nSPS) is 20.9. The molecule has 0 spiro atoms. The SMILES string of the molecule is CC(=CC(C)CC(C)CC(O)C(O)C(C)C(O)C(C)C(O)C(C)C(C)O)C(=O)c1c(O)c(C)n(C)c1O.